The van der Waals surface area contributed by atoms with Crippen LogP contribution in [-0.4, -0.2) is 32.2 Å². The van der Waals surface area contributed by atoms with Gasteiger partial charge < -0.3 is 5.11 Å². The first kappa shape index (κ1) is 23.0. The van der Waals surface area contributed by atoms with E-state index >= 15 is 0 Å². The van der Waals surface area contributed by atoms with Gasteiger partial charge in [0.25, 0.3) is 15.9 Å². The molecule has 0 saturated carbocycles. The van der Waals surface area contributed by atoms with E-state index in [2.05, 4.69) is 10.5 Å². The van der Waals surface area contributed by atoms with E-state index in [1.54, 1.807) is 61.5 Å². The Morgan fingerprint density at radius 2 is 1.62 bits per heavy atom. The third-order valence-electron chi connectivity index (χ3n) is 5.33. The number of rotatable bonds is 7. The average Bonchev–Trinajstić information content (AvgIpc) is 2.85. The molecule has 7 nitrogen and oxygen atoms in total. The quantitative estimate of drug-likeness (QED) is 0.310. The Hall–Kier alpha value is -4.17. The average molecular weight is 474 g/mol. The molecule has 0 fully saturated rings. The van der Waals surface area contributed by atoms with Crippen LogP contribution in [0, 0.1) is 6.92 Å². The molecule has 4 aromatic rings. The minimum atomic E-state index is -4.00. The van der Waals surface area contributed by atoms with Crippen LogP contribution in [0.4, 0.5) is 5.69 Å². The van der Waals surface area contributed by atoms with Crippen molar-refractivity contribution in [2.75, 3.05) is 10.8 Å². The van der Waals surface area contributed by atoms with E-state index in [1.807, 2.05) is 24.3 Å². The van der Waals surface area contributed by atoms with E-state index < -0.39 is 22.5 Å². The van der Waals surface area contributed by atoms with Crippen LogP contribution in [0.2, 0.25) is 0 Å². The number of anilines is 1. The van der Waals surface area contributed by atoms with Crippen LogP contribution >= 0.6 is 0 Å². The van der Waals surface area contributed by atoms with Crippen LogP contribution in [0.3, 0.4) is 0 Å². The zero-order valence-corrected chi connectivity index (χ0v) is 19.2. The van der Waals surface area contributed by atoms with E-state index in [-0.39, 0.29) is 10.6 Å². The second-order valence-corrected chi connectivity index (χ2v) is 9.49. The molecule has 8 heteroatoms. The normalized spacial score (nSPS) is 11.6. The molecule has 0 aliphatic heterocycles. The number of benzene rings is 4. The number of hydrogen-bond acceptors (Lipinski definition) is 5. The molecule has 2 N–H and O–H groups in total. The molecule has 0 radical (unpaired) electrons. The molecular weight excluding hydrogens is 450 g/mol. The predicted molar refractivity (Wildman–Crippen MR) is 134 cm³/mol. The molecule has 34 heavy (non-hydrogen) atoms. The molecule has 0 unspecified atom stereocenters. The third kappa shape index (κ3) is 4.77. The highest BCUT2D eigenvalue weighted by Crippen LogP contribution is 2.27. The molecule has 1 amide bonds. The van der Waals surface area contributed by atoms with Gasteiger partial charge in [0.2, 0.25) is 0 Å². The summed E-state index contributed by atoms with van der Waals surface area (Å²) in [5.41, 5.74) is 3.94. The number of nitrogens with one attached hydrogen (secondary N) is 1. The molecule has 0 saturated heterocycles. The largest absolute Gasteiger partial charge is 0.507 e. The van der Waals surface area contributed by atoms with E-state index in [4.69, 9.17) is 0 Å². The van der Waals surface area contributed by atoms with Crippen LogP contribution in [0.25, 0.3) is 10.8 Å². The van der Waals surface area contributed by atoms with Crippen LogP contribution in [0.5, 0.6) is 5.75 Å². The van der Waals surface area contributed by atoms with Gasteiger partial charge in [0.05, 0.1) is 16.8 Å². The monoisotopic (exact) mass is 473 g/mol. The van der Waals surface area contributed by atoms with Gasteiger partial charge in [0, 0.05) is 5.56 Å². The summed E-state index contributed by atoms with van der Waals surface area (Å²) in [6, 6.07) is 25.7. The van der Waals surface area contributed by atoms with Crippen molar-refractivity contribution in [3.05, 3.63) is 102 Å². The molecule has 0 aromatic heterocycles. The fourth-order valence-corrected chi connectivity index (χ4v) is 5.12. The highest BCUT2D eigenvalue weighted by atomic mass is 32.2. The Morgan fingerprint density at radius 3 is 2.38 bits per heavy atom. The first-order valence-electron chi connectivity index (χ1n) is 10.5. The minimum Gasteiger partial charge on any atom is -0.507 e. The molecule has 172 valence electrons. The fraction of sp³-hybridized carbons (Fsp3) is 0.0769. The summed E-state index contributed by atoms with van der Waals surface area (Å²) in [6.45, 7) is 1.31. The van der Waals surface area contributed by atoms with Crippen molar-refractivity contribution in [3.8, 4) is 5.75 Å². The van der Waals surface area contributed by atoms with Gasteiger partial charge in [-0.15, -0.1) is 0 Å². The number of fused-ring (bicyclic) bond motifs is 1. The van der Waals surface area contributed by atoms with E-state index in [1.165, 1.54) is 18.3 Å². The topological polar surface area (TPSA) is 99.1 Å². The van der Waals surface area contributed by atoms with Crippen molar-refractivity contribution in [1.82, 2.24) is 5.43 Å². The number of phenols is 1. The van der Waals surface area contributed by atoms with Crippen molar-refractivity contribution in [2.45, 2.75) is 11.8 Å². The smallest absolute Gasteiger partial charge is 0.264 e. The van der Waals surface area contributed by atoms with Gasteiger partial charge in [0.15, 0.2) is 0 Å². The van der Waals surface area contributed by atoms with Gasteiger partial charge in [-0.05, 0) is 47.5 Å². The lowest BCUT2D eigenvalue weighted by atomic mass is 10.0. The lowest BCUT2D eigenvalue weighted by Crippen LogP contribution is -2.40. The summed E-state index contributed by atoms with van der Waals surface area (Å²) >= 11 is 0. The number of hydrogen-bond donors (Lipinski definition) is 2. The summed E-state index contributed by atoms with van der Waals surface area (Å²) < 4.78 is 27.8. The first-order valence-corrected chi connectivity index (χ1v) is 12.0. The van der Waals surface area contributed by atoms with Crippen molar-refractivity contribution >= 4 is 38.6 Å². The van der Waals surface area contributed by atoms with Crippen LogP contribution in [0.15, 0.2) is 101 Å². The van der Waals surface area contributed by atoms with Crippen molar-refractivity contribution in [1.29, 1.82) is 0 Å². The van der Waals surface area contributed by atoms with E-state index in [0.717, 1.165) is 15.1 Å². The van der Waals surface area contributed by atoms with Gasteiger partial charge in [0.1, 0.15) is 12.3 Å². The number of sulfonamides is 1. The number of aromatic hydroxyl groups is 1. The zero-order chi connectivity index (χ0) is 24.1. The number of hydrazone groups is 1. The Morgan fingerprint density at radius 1 is 0.941 bits per heavy atom. The Bertz CT molecular complexity index is 1470. The third-order valence-corrected chi connectivity index (χ3v) is 7.11. The standard InChI is InChI=1S/C26H23N3O4S/c1-19-9-5-8-14-24(19)29(34(32,33)21-11-3-2-4-12-21)18-26(31)28-27-17-23-22-13-7-6-10-20(22)15-16-25(23)30/h2-17,30H,18H2,1H3,(H,28,31)/b27-17-. The molecule has 0 aliphatic rings. The number of nitrogens with zero attached hydrogens (tertiary/aromatic N) is 2. The van der Waals surface area contributed by atoms with Crippen LogP contribution in [-0.2, 0) is 14.8 Å². The highest BCUT2D eigenvalue weighted by molar-refractivity contribution is 7.92. The zero-order valence-electron chi connectivity index (χ0n) is 18.4. The number of phenolic OH excluding ortho intramolecular Hbond substituents is 1. The first-order chi connectivity index (χ1) is 16.4. The van der Waals surface area contributed by atoms with Gasteiger partial charge in [-0.25, -0.2) is 13.8 Å². The fourth-order valence-electron chi connectivity index (χ4n) is 3.62. The van der Waals surface area contributed by atoms with Crippen LogP contribution < -0.4 is 9.73 Å². The van der Waals surface area contributed by atoms with Crippen molar-refractivity contribution < 1.29 is 18.3 Å². The summed E-state index contributed by atoms with van der Waals surface area (Å²) in [6.07, 6.45) is 1.35. The second kappa shape index (κ2) is 9.76. The van der Waals surface area contributed by atoms with Gasteiger partial charge >= 0.3 is 0 Å². The molecule has 0 atom stereocenters. The summed E-state index contributed by atoms with van der Waals surface area (Å²) in [4.78, 5) is 12.8. The Labute approximate surface area is 198 Å². The lowest BCUT2D eigenvalue weighted by Gasteiger charge is -2.25. The summed E-state index contributed by atoms with van der Waals surface area (Å²) in [5.74, 6) is -0.608. The molecule has 0 bridgehead atoms. The van der Waals surface area contributed by atoms with E-state index in [0.29, 0.717) is 16.8 Å². The second-order valence-electron chi connectivity index (χ2n) is 7.62. The summed E-state index contributed by atoms with van der Waals surface area (Å²) in [5, 5.41) is 15.9. The Kier molecular flexibility index (Phi) is 6.60. The summed E-state index contributed by atoms with van der Waals surface area (Å²) in [7, 11) is -4.00. The van der Waals surface area contributed by atoms with E-state index in [9.17, 15) is 18.3 Å². The predicted octanol–water partition coefficient (Wildman–Crippen LogP) is 4.20. The number of aryl methyl sites for hydroxylation is 1. The molecule has 4 aromatic carbocycles. The number of para-hydroxylation sites is 1. The van der Waals surface area contributed by atoms with Crippen molar-refractivity contribution in [3.63, 3.8) is 0 Å². The van der Waals surface area contributed by atoms with Gasteiger partial charge in [-0.1, -0.05) is 66.7 Å². The minimum absolute atomic E-state index is 0.0184. The maximum absolute atomic E-state index is 13.4. The number of carbonyl (C=O) groups is 1. The maximum atomic E-state index is 13.4. The molecule has 4 rings (SSSR count). The number of carbonyl (C=O) groups excluding carboxylic acids is 1. The van der Waals surface area contributed by atoms with Crippen LogP contribution in [0.1, 0.15) is 11.1 Å². The SMILES string of the molecule is Cc1ccccc1N(CC(=O)N/N=C\c1c(O)ccc2ccccc12)S(=O)(=O)c1ccccc1. The number of amides is 1. The van der Waals surface area contributed by atoms with Gasteiger partial charge in [-0.3, -0.25) is 9.10 Å². The van der Waals surface area contributed by atoms with Gasteiger partial charge in [-0.2, -0.15) is 5.10 Å². The highest BCUT2D eigenvalue weighted by Gasteiger charge is 2.28. The lowest BCUT2D eigenvalue weighted by molar-refractivity contribution is -0.119. The molecule has 0 spiro atoms. The maximum Gasteiger partial charge on any atom is 0.264 e. The molecule has 0 heterocycles. The Balaban J connectivity index is 1.60. The molecular formula is C26H23N3O4S. The van der Waals surface area contributed by atoms with Crippen molar-refractivity contribution in [2.24, 2.45) is 5.10 Å². The molecule has 0 aliphatic carbocycles.